The van der Waals surface area contributed by atoms with E-state index >= 15 is 0 Å². The van der Waals surface area contributed by atoms with Crippen LogP contribution in [0.4, 0.5) is 0 Å². The molecule has 0 spiro atoms. The molecule has 1 fully saturated rings. The lowest BCUT2D eigenvalue weighted by molar-refractivity contribution is 0.449. The van der Waals surface area contributed by atoms with Crippen molar-refractivity contribution in [2.75, 3.05) is 18.1 Å². The maximum atomic E-state index is 12.1. The van der Waals surface area contributed by atoms with Crippen LogP contribution in [0.2, 0.25) is 0 Å². The molecular weight excluding hydrogens is 290 g/mol. The Morgan fingerprint density at radius 3 is 2.95 bits per heavy atom. The van der Waals surface area contributed by atoms with Gasteiger partial charge < -0.3 is 5.32 Å². The quantitative estimate of drug-likeness (QED) is 0.932. The van der Waals surface area contributed by atoms with Crippen molar-refractivity contribution in [2.24, 2.45) is 0 Å². The van der Waals surface area contributed by atoms with Crippen LogP contribution in [0, 0.1) is 0 Å². The maximum absolute atomic E-state index is 12.1. The number of benzene rings is 1. The molecule has 1 aromatic rings. The van der Waals surface area contributed by atoms with Gasteiger partial charge in [-0.3, -0.25) is 0 Å². The third-order valence-electron chi connectivity index (χ3n) is 4.33. The normalized spacial score (nSPS) is 31.9. The third-order valence-corrected chi connectivity index (χ3v) is 7.68. The van der Waals surface area contributed by atoms with E-state index in [-0.39, 0.29) is 11.8 Å². The summed E-state index contributed by atoms with van der Waals surface area (Å²) in [4.78, 5) is 0.521. The highest BCUT2D eigenvalue weighted by Crippen LogP contribution is 2.38. The summed E-state index contributed by atoms with van der Waals surface area (Å²) in [5.41, 5.74) is 0.949. The SMILES string of the molecule is CC1(CNC2CCS(=O)(=O)c3ccccc32)CCCS1. The second-order valence-corrected chi connectivity index (χ2v) is 9.74. The van der Waals surface area contributed by atoms with Gasteiger partial charge in [-0.1, -0.05) is 18.2 Å². The monoisotopic (exact) mass is 311 g/mol. The van der Waals surface area contributed by atoms with Gasteiger partial charge in [0.15, 0.2) is 9.84 Å². The third kappa shape index (κ3) is 2.76. The lowest BCUT2D eigenvalue weighted by Crippen LogP contribution is -2.38. The minimum Gasteiger partial charge on any atom is -0.308 e. The average molecular weight is 311 g/mol. The molecule has 1 N–H and O–H groups in total. The first kappa shape index (κ1) is 14.4. The minimum atomic E-state index is -3.07. The Morgan fingerprint density at radius 1 is 1.40 bits per heavy atom. The van der Waals surface area contributed by atoms with Crippen LogP contribution < -0.4 is 5.32 Å². The zero-order valence-corrected chi connectivity index (χ0v) is 13.4. The highest BCUT2D eigenvalue weighted by Gasteiger charge is 2.33. The van der Waals surface area contributed by atoms with E-state index in [0.29, 0.717) is 16.1 Å². The smallest absolute Gasteiger partial charge is 0.178 e. The van der Waals surface area contributed by atoms with Crippen molar-refractivity contribution in [3.63, 3.8) is 0 Å². The van der Waals surface area contributed by atoms with Crippen LogP contribution in [0.15, 0.2) is 29.2 Å². The van der Waals surface area contributed by atoms with Crippen LogP contribution in [0.1, 0.15) is 37.8 Å². The number of rotatable bonds is 3. The summed E-state index contributed by atoms with van der Waals surface area (Å²) >= 11 is 2.03. The van der Waals surface area contributed by atoms with Gasteiger partial charge in [-0.2, -0.15) is 11.8 Å². The fourth-order valence-corrected chi connectivity index (χ4v) is 5.99. The number of nitrogens with one attached hydrogen (secondary N) is 1. The van der Waals surface area contributed by atoms with E-state index in [1.165, 1.54) is 18.6 Å². The Morgan fingerprint density at radius 2 is 2.20 bits per heavy atom. The molecule has 2 unspecified atom stereocenters. The van der Waals surface area contributed by atoms with Gasteiger partial charge in [0.2, 0.25) is 0 Å². The summed E-state index contributed by atoms with van der Waals surface area (Å²) in [6.45, 7) is 3.26. The van der Waals surface area contributed by atoms with Crippen LogP contribution in [0.3, 0.4) is 0 Å². The van der Waals surface area contributed by atoms with Crippen LogP contribution >= 0.6 is 11.8 Å². The fourth-order valence-electron chi connectivity index (χ4n) is 3.12. The molecular formula is C15H21NO2S2. The standard InChI is InChI=1S/C15H21NO2S2/c1-15(8-4-9-19-15)11-16-13-7-10-20(17,18)14-6-3-2-5-12(13)14/h2-3,5-6,13,16H,4,7-11H2,1H3. The van der Waals surface area contributed by atoms with Gasteiger partial charge in [0.25, 0.3) is 0 Å². The van der Waals surface area contributed by atoms with Gasteiger partial charge in [-0.05, 0) is 43.6 Å². The molecule has 0 aromatic heterocycles. The Balaban J connectivity index is 1.78. The molecule has 3 nitrogen and oxygen atoms in total. The Kier molecular flexibility index (Phi) is 3.86. The molecule has 0 bridgehead atoms. The largest absolute Gasteiger partial charge is 0.308 e. The van der Waals surface area contributed by atoms with Crippen molar-refractivity contribution in [1.82, 2.24) is 5.32 Å². The topological polar surface area (TPSA) is 46.2 Å². The van der Waals surface area contributed by atoms with Gasteiger partial charge in [0, 0.05) is 17.3 Å². The van der Waals surface area contributed by atoms with Gasteiger partial charge in [-0.25, -0.2) is 8.42 Å². The van der Waals surface area contributed by atoms with E-state index in [9.17, 15) is 8.42 Å². The van der Waals surface area contributed by atoms with E-state index in [2.05, 4.69) is 12.2 Å². The number of fused-ring (bicyclic) bond motifs is 1. The lowest BCUT2D eigenvalue weighted by Gasteiger charge is -2.30. The Bertz CT molecular complexity index is 592. The molecule has 0 saturated carbocycles. The number of sulfone groups is 1. The molecule has 0 amide bonds. The van der Waals surface area contributed by atoms with E-state index in [0.717, 1.165) is 12.1 Å². The zero-order valence-electron chi connectivity index (χ0n) is 11.8. The van der Waals surface area contributed by atoms with Gasteiger partial charge in [0.05, 0.1) is 10.6 Å². The van der Waals surface area contributed by atoms with Crippen molar-refractivity contribution in [2.45, 2.75) is 41.9 Å². The van der Waals surface area contributed by atoms with Crippen LogP contribution in [0.5, 0.6) is 0 Å². The maximum Gasteiger partial charge on any atom is 0.178 e. The predicted molar refractivity (Wildman–Crippen MR) is 84.0 cm³/mol. The summed E-state index contributed by atoms with van der Waals surface area (Å²) in [6, 6.07) is 7.61. The highest BCUT2D eigenvalue weighted by atomic mass is 32.2. The summed E-state index contributed by atoms with van der Waals surface area (Å²) in [6.07, 6.45) is 3.22. The van der Waals surface area contributed by atoms with Crippen LogP contribution in [-0.4, -0.2) is 31.2 Å². The molecule has 5 heteroatoms. The predicted octanol–water partition coefficient (Wildman–Crippen LogP) is 2.78. The van der Waals surface area contributed by atoms with E-state index in [1.807, 2.05) is 30.0 Å². The number of hydrogen-bond acceptors (Lipinski definition) is 4. The van der Waals surface area contributed by atoms with Gasteiger partial charge in [0.1, 0.15) is 0 Å². The molecule has 2 heterocycles. The van der Waals surface area contributed by atoms with E-state index in [4.69, 9.17) is 0 Å². The van der Waals surface area contributed by atoms with Crippen molar-refractivity contribution >= 4 is 21.6 Å². The van der Waals surface area contributed by atoms with Crippen molar-refractivity contribution in [3.8, 4) is 0 Å². The first-order valence-electron chi connectivity index (χ1n) is 7.19. The zero-order chi connectivity index (χ0) is 14.2. The number of thioether (sulfide) groups is 1. The Labute approximate surface area is 125 Å². The first-order valence-corrected chi connectivity index (χ1v) is 9.83. The van der Waals surface area contributed by atoms with Gasteiger partial charge >= 0.3 is 0 Å². The summed E-state index contributed by atoms with van der Waals surface area (Å²) in [5.74, 6) is 1.50. The van der Waals surface area contributed by atoms with Gasteiger partial charge in [-0.15, -0.1) is 0 Å². The molecule has 2 atom stereocenters. The molecule has 1 aromatic carbocycles. The van der Waals surface area contributed by atoms with Crippen molar-refractivity contribution in [3.05, 3.63) is 29.8 Å². The molecule has 2 aliphatic heterocycles. The lowest BCUT2D eigenvalue weighted by atomic mass is 10.0. The molecule has 20 heavy (non-hydrogen) atoms. The Hall–Kier alpha value is -0.520. The average Bonchev–Trinajstić information content (AvgIpc) is 2.86. The molecule has 3 rings (SSSR count). The second-order valence-electron chi connectivity index (χ2n) is 5.98. The molecule has 0 radical (unpaired) electrons. The van der Waals surface area contributed by atoms with Crippen LogP contribution in [0.25, 0.3) is 0 Å². The molecule has 110 valence electrons. The van der Waals surface area contributed by atoms with Crippen molar-refractivity contribution in [1.29, 1.82) is 0 Å². The second kappa shape index (κ2) is 5.35. The summed E-state index contributed by atoms with van der Waals surface area (Å²) in [5, 5.41) is 3.61. The molecule has 1 saturated heterocycles. The summed E-state index contributed by atoms with van der Waals surface area (Å²) in [7, 11) is -3.07. The fraction of sp³-hybridized carbons (Fsp3) is 0.600. The first-order chi connectivity index (χ1) is 9.50. The minimum absolute atomic E-state index is 0.174. The van der Waals surface area contributed by atoms with Crippen LogP contribution in [-0.2, 0) is 9.84 Å². The number of hydrogen-bond donors (Lipinski definition) is 1. The van der Waals surface area contributed by atoms with E-state index in [1.54, 1.807) is 6.07 Å². The summed E-state index contributed by atoms with van der Waals surface area (Å²) < 4.78 is 24.5. The van der Waals surface area contributed by atoms with Crippen molar-refractivity contribution < 1.29 is 8.42 Å². The molecule has 2 aliphatic rings. The molecule has 0 aliphatic carbocycles. The highest BCUT2D eigenvalue weighted by molar-refractivity contribution is 8.00. The van der Waals surface area contributed by atoms with E-state index < -0.39 is 9.84 Å².